The highest BCUT2D eigenvalue weighted by Crippen LogP contribution is 2.36. The minimum absolute atomic E-state index is 0.000391. The van der Waals surface area contributed by atoms with E-state index in [-0.39, 0.29) is 11.7 Å². The largest absolute Gasteiger partial charge is 0.294 e. The lowest BCUT2D eigenvalue weighted by atomic mass is 9.92. The number of hydrogen-bond donors (Lipinski definition) is 0. The maximum atomic E-state index is 13.3. The maximum Gasteiger partial charge on any atom is 0.170 e. The van der Waals surface area contributed by atoms with Gasteiger partial charge in [-0.1, -0.05) is 99.1 Å². The maximum absolute atomic E-state index is 13.3. The van der Waals surface area contributed by atoms with Crippen molar-refractivity contribution in [3.05, 3.63) is 71.3 Å². The molecule has 1 atom stereocenters. The lowest BCUT2D eigenvalue weighted by Gasteiger charge is -2.32. The van der Waals surface area contributed by atoms with Crippen LogP contribution in [0, 0.1) is 6.92 Å². The van der Waals surface area contributed by atoms with E-state index in [9.17, 15) is 4.79 Å². The van der Waals surface area contributed by atoms with Gasteiger partial charge in [0, 0.05) is 11.5 Å². The van der Waals surface area contributed by atoms with Crippen LogP contribution in [-0.2, 0) is 0 Å². The van der Waals surface area contributed by atoms with Crippen LogP contribution >= 0.6 is 0 Å². The highest BCUT2D eigenvalue weighted by Gasteiger charge is 2.34. The van der Waals surface area contributed by atoms with Crippen LogP contribution in [0.2, 0.25) is 24.2 Å². The molecular formula is C22H30OSi. The molecule has 0 aromatic heterocycles. The predicted octanol–water partition coefficient (Wildman–Crippen LogP) is 6.47. The van der Waals surface area contributed by atoms with E-state index in [1.807, 2.05) is 30.3 Å². The fraction of sp³-hybridized carbons (Fsp3) is 0.409. The summed E-state index contributed by atoms with van der Waals surface area (Å²) in [7, 11) is -1.39. The molecule has 0 amide bonds. The van der Waals surface area contributed by atoms with Gasteiger partial charge in [-0.15, -0.1) is 0 Å². The number of ketones is 1. The van der Waals surface area contributed by atoms with Crippen LogP contribution in [0.1, 0.15) is 48.2 Å². The molecule has 0 fully saturated rings. The van der Waals surface area contributed by atoms with Crippen LogP contribution in [0.25, 0.3) is 0 Å². The van der Waals surface area contributed by atoms with E-state index < -0.39 is 8.07 Å². The molecule has 0 heterocycles. The second kappa shape index (κ2) is 8.43. The zero-order chi connectivity index (χ0) is 17.6. The van der Waals surface area contributed by atoms with E-state index in [2.05, 4.69) is 52.0 Å². The van der Waals surface area contributed by atoms with Crippen LogP contribution in [0.4, 0.5) is 0 Å². The summed E-state index contributed by atoms with van der Waals surface area (Å²) in [5, 5.41) is 0. The van der Waals surface area contributed by atoms with Gasteiger partial charge in [-0.3, -0.25) is 4.79 Å². The van der Waals surface area contributed by atoms with Crippen LogP contribution in [0.5, 0.6) is 0 Å². The van der Waals surface area contributed by atoms with Crippen molar-refractivity contribution in [3.63, 3.8) is 0 Å². The minimum Gasteiger partial charge on any atom is -0.294 e. The van der Waals surface area contributed by atoms with Crippen molar-refractivity contribution in [2.45, 2.75) is 57.8 Å². The molecule has 1 unspecified atom stereocenters. The average Bonchev–Trinajstić information content (AvgIpc) is 2.64. The normalized spacial score (nSPS) is 12.8. The van der Waals surface area contributed by atoms with Gasteiger partial charge in [0.2, 0.25) is 0 Å². The van der Waals surface area contributed by atoms with E-state index >= 15 is 0 Å². The van der Waals surface area contributed by atoms with Crippen LogP contribution in [-0.4, -0.2) is 13.9 Å². The average molecular weight is 339 g/mol. The van der Waals surface area contributed by atoms with E-state index in [1.54, 1.807) is 0 Å². The third-order valence-corrected chi connectivity index (χ3v) is 11.5. The van der Waals surface area contributed by atoms with Gasteiger partial charge >= 0.3 is 0 Å². The topological polar surface area (TPSA) is 17.1 Å². The second-order valence-corrected chi connectivity index (χ2v) is 12.5. The Hall–Kier alpha value is -1.67. The molecule has 2 heteroatoms. The summed E-state index contributed by atoms with van der Waals surface area (Å²) in [6.45, 7) is 9.01. The van der Waals surface area contributed by atoms with E-state index in [0.29, 0.717) is 0 Å². The Bertz CT molecular complexity index is 633. The van der Waals surface area contributed by atoms with E-state index in [1.165, 1.54) is 29.3 Å². The summed E-state index contributed by atoms with van der Waals surface area (Å²) in [5.41, 5.74) is 3.22. The number of aryl methyl sites for hydroxylation is 1. The summed E-state index contributed by atoms with van der Waals surface area (Å²) >= 11 is 0. The minimum atomic E-state index is -1.39. The summed E-state index contributed by atoms with van der Waals surface area (Å²) < 4.78 is 0. The fourth-order valence-corrected chi connectivity index (χ4v) is 7.24. The van der Waals surface area contributed by atoms with Crippen molar-refractivity contribution in [1.82, 2.24) is 0 Å². The second-order valence-electron chi connectivity index (χ2n) is 6.96. The van der Waals surface area contributed by atoms with Gasteiger partial charge < -0.3 is 0 Å². The Kier molecular flexibility index (Phi) is 6.56. The summed E-state index contributed by atoms with van der Waals surface area (Å²) in [4.78, 5) is 13.3. The zero-order valence-corrected chi connectivity index (χ0v) is 16.5. The number of hydrogen-bond acceptors (Lipinski definition) is 1. The van der Waals surface area contributed by atoms with Crippen LogP contribution in [0.3, 0.4) is 0 Å². The molecule has 0 aliphatic rings. The Morgan fingerprint density at radius 2 is 1.42 bits per heavy atom. The van der Waals surface area contributed by atoms with Crippen molar-refractivity contribution in [2.24, 2.45) is 0 Å². The lowest BCUT2D eigenvalue weighted by Crippen LogP contribution is -2.35. The van der Waals surface area contributed by atoms with Gasteiger partial charge in [0.05, 0.1) is 8.07 Å². The monoisotopic (exact) mass is 338 g/mol. The smallest absolute Gasteiger partial charge is 0.170 e. The molecule has 0 aliphatic heterocycles. The third kappa shape index (κ3) is 4.24. The van der Waals surface area contributed by atoms with E-state index in [0.717, 1.165) is 11.6 Å². The van der Waals surface area contributed by atoms with Gasteiger partial charge in [0.15, 0.2) is 5.78 Å². The molecule has 1 nitrogen and oxygen atoms in total. The molecule has 128 valence electrons. The first-order valence-corrected chi connectivity index (χ1v) is 12.0. The summed E-state index contributed by atoms with van der Waals surface area (Å²) in [6.07, 6.45) is 0. The van der Waals surface area contributed by atoms with Crippen molar-refractivity contribution < 1.29 is 4.79 Å². The molecule has 0 radical (unpaired) electrons. The number of Topliss-reactive ketones (excluding diaryl/α,β-unsaturated/α-hetero) is 1. The Labute approximate surface area is 148 Å². The molecule has 0 bridgehead atoms. The Morgan fingerprint density at radius 1 is 0.875 bits per heavy atom. The highest BCUT2D eigenvalue weighted by molar-refractivity contribution is 6.80. The van der Waals surface area contributed by atoms with E-state index in [4.69, 9.17) is 0 Å². The first kappa shape index (κ1) is 18.7. The summed E-state index contributed by atoms with van der Waals surface area (Å²) in [5.74, 6) is 0.286. The Balaban J connectivity index is 2.39. The zero-order valence-electron chi connectivity index (χ0n) is 15.5. The Morgan fingerprint density at radius 3 is 1.92 bits per heavy atom. The van der Waals surface area contributed by atoms with Gasteiger partial charge in [0.25, 0.3) is 0 Å². The van der Waals surface area contributed by atoms with Crippen molar-refractivity contribution in [2.75, 3.05) is 0 Å². The SMILES string of the molecule is CC[Si](CC)(CC)CC(C(=O)c1ccc(C)cc1)c1ccccc1. The summed E-state index contributed by atoms with van der Waals surface area (Å²) in [6, 6.07) is 23.3. The quantitative estimate of drug-likeness (QED) is 0.398. The molecule has 24 heavy (non-hydrogen) atoms. The molecule has 2 rings (SSSR count). The number of benzene rings is 2. The van der Waals surface area contributed by atoms with Crippen molar-refractivity contribution in [1.29, 1.82) is 0 Å². The molecule has 0 N–H and O–H groups in total. The van der Waals surface area contributed by atoms with Crippen molar-refractivity contribution in [3.8, 4) is 0 Å². The van der Waals surface area contributed by atoms with Crippen LogP contribution < -0.4 is 0 Å². The first-order valence-electron chi connectivity index (χ1n) is 9.21. The van der Waals surface area contributed by atoms with Crippen molar-refractivity contribution >= 4 is 13.9 Å². The van der Waals surface area contributed by atoms with Gasteiger partial charge in [-0.05, 0) is 18.5 Å². The first-order chi connectivity index (χ1) is 11.5. The number of rotatable bonds is 8. The van der Waals surface area contributed by atoms with Gasteiger partial charge in [0.1, 0.15) is 0 Å². The molecular weight excluding hydrogens is 308 g/mol. The van der Waals surface area contributed by atoms with Gasteiger partial charge in [-0.25, -0.2) is 0 Å². The molecule has 2 aromatic rings. The van der Waals surface area contributed by atoms with Crippen LogP contribution in [0.15, 0.2) is 54.6 Å². The number of carbonyl (C=O) groups excluding carboxylic acids is 1. The fourth-order valence-electron chi connectivity index (χ4n) is 3.58. The molecule has 0 saturated carbocycles. The third-order valence-electron chi connectivity index (χ3n) is 5.74. The number of carbonyl (C=O) groups is 1. The highest BCUT2D eigenvalue weighted by atomic mass is 28.3. The predicted molar refractivity (Wildman–Crippen MR) is 107 cm³/mol. The molecule has 0 saturated heterocycles. The van der Waals surface area contributed by atoms with Gasteiger partial charge in [-0.2, -0.15) is 0 Å². The molecule has 0 spiro atoms. The molecule has 0 aliphatic carbocycles. The standard InChI is InChI=1S/C22H30OSi/c1-5-24(6-2,7-3)17-21(19-11-9-8-10-12-19)22(23)20-15-13-18(4)14-16-20/h8-16,21H,5-7,17H2,1-4H3. The lowest BCUT2D eigenvalue weighted by molar-refractivity contribution is 0.0965. The molecule has 2 aromatic carbocycles.